The molecule has 0 bridgehead atoms. The summed E-state index contributed by atoms with van der Waals surface area (Å²) in [5, 5.41) is 1.63. The van der Waals surface area contributed by atoms with E-state index in [1.807, 2.05) is 83.1 Å². The first-order valence-corrected chi connectivity index (χ1v) is 10.2. The lowest BCUT2D eigenvalue weighted by molar-refractivity contribution is 0.242. The van der Waals surface area contributed by atoms with Crippen molar-refractivity contribution in [3.8, 4) is 22.6 Å². The van der Waals surface area contributed by atoms with Gasteiger partial charge in [-0.1, -0.05) is 18.2 Å². The van der Waals surface area contributed by atoms with E-state index >= 15 is 0 Å². The first-order valence-electron chi connectivity index (χ1n) is 10.2. The molecule has 5 nitrogen and oxygen atoms in total. The van der Waals surface area contributed by atoms with E-state index < -0.39 is 0 Å². The SMILES string of the molecule is Cc1c(-c2ccc(OC(C)C)cc2)ccc(N)c1N(N)c1ccc(OC(C)C)cc1. The number of nitrogen functional groups attached to an aromatic ring is 1. The van der Waals surface area contributed by atoms with Gasteiger partial charge in [0.15, 0.2) is 0 Å². The van der Waals surface area contributed by atoms with Crippen molar-refractivity contribution in [2.75, 3.05) is 10.7 Å². The van der Waals surface area contributed by atoms with Crippen molar-refractivity contribution in [2.45, 2.75) is 46.8 Å². The Hall–Kier alpha value is -3.18. The molecule has 0 atom stereocenters. The summed E-state index contributed by atoms with van der Waals surface area (Å²) in [6.45, 7) is 10.1. The molecule has 30 heavy (non-hydrogen) atoms. The van der Waals surface area contributed by atoms with E-state index in [0.717, 1.165) is 39.6 Å². The lowest BCUT2D eigenvalue weighted by Crippen LogP contribution is -2.27. The monoisotopic (exact) mass is 405 g/mol. The van der Waals surface area contributed by atoms with Crippen molar-refractivity contribution >= 4 is 17.1 Å². The molecule has 4 N–H and O–H groups in total. The van der Waals surface area contributed by atoms with E-state index in [-0.39, 0.29) is 12.2 Å². The van der Waals surface area contributed by atoms with Gasteiger partial charge in [-0.15, -0.1) is 0 Å². The molecule has 158 valence electrons. The molecule has 0 aromatic heterocycles. The van der Waals surface area contributed by atoms with Crippen LogP contribution < -0.4 is 26.1 Å². The highest BCUT2D eigenvalue weighted by Gasteiger charge is 2.16. The third kappa shape index (κ3) is 4.86. The van der Waals surface area contributed by atoms with Crippen molar-refractivity contribution in [1.29, 1.82) is 0 Å². The fraction of sp³-hybridized carbons (Fsp3) is 0.280. The highest BCUT2D eigenvalue weighted by molar-refractivity contribution is 5.84. The predicted molar refractivity (Wildman–Crippen MR) is 125 cm³/mol. The fourth-order valence-corrected chi connectivity index (χ4v) is 3.43. The highest BCUT2D eigenvalue weighted by atomic mass is 16.5. The first-order chi connectivity index (χ1) is 14.3. The van der Waals surface area contributed by atoms with Gasteiger partial charge < -0.3 is 15.2 Å². The standard InChI is InChI=1S/C25H31N3O2/c1-16(2)29-21-10-6-19(7-11-21)23-14-15-24(26)25(18(23)5)28(27)20-8-12-22(13-9-20)30-17(3)4/h6-17H,26-27H2,1-5H3. The Bertz CT molecular complexity index is 981. The number of rotatable bonds is 7. The number of benzene rings is 3. The Morgan fingerprint density at radius 3 is 1.73 bits per heavy atom. The van der Waals surface area contributed by atoms with Crippen LogP contribution in [0.5, 0.6) is 11.5 Å². The van der Waals surface area contributed by atoms with E-state index in [4.69, 9.17) is 21.1 Å². The zero-order chi connectivity index (χ0) is 21.8. The minimum Gasteiger partial charge on any atom is -0.491 e. The predicted octanol–water partition coefficient (Wildman–Crippen LogP) is 5.83. The lowest BCUT2D eigenvalue weighted by Gasteiger charge is -2.25. The maximum absolute atomic E-state index is 6.49. The van der Waals surface area contributed by atoms with Crippen LogP contribution in [0.4, 0.5) is 17.1 Å². The van der Waals surface area contributed by atoms with Gasteiger partial charge in [-0.2, -0.15) is 0 Å². The average molecular weight is 406 g/mol. The Labute approximate surface area is 179 Å². The number of hydrazine groups is 1. The van der Waals surface area contributed by atoms with Crippen LogP contribution in [0, 0.1) is 6.92 Å². The summed E-state index contributed by atoms with van der Waals surface area (Å²) in [4.78, 5) is 0. The van der Waals surface area contributed by atoms with Gasteiger partial charge in [-0.3, -0.25) is 5.01 Å². The van der Waals surface area contributed by atoms with E-state index in [9.17, 15) is 0 Å². The van der Waals surface area contributed by atoms with Crippen LogP contribution in [0.3, 0.4) is 0 Å². The molecule has 0 aliphatic heterocycles. The molecule has 0 saturated heterocycles. The van der Waals surface area contributed by atoms with Gasteiger partial charge in [-0.25, -0.2) is 5.84 Å². The molecule has 0 heterocycles. The van der Waals surface area contributed by atoms with Crippen molar-refractivity contribution in [3.05, 3.63) is 66.2 Å². The topological polar surface area (TPSA) is 73.7 Å². The average Bonchev–Trinajstić information content (AvgIpc) is 2.68. The second kappa shape index (κ2) is 9.09. The van der Waals surface area contributed by atoms with Crippen LogP contribution in [0.1, 0.15) is 33.3 Å². The zero-order valence-corrected chi connectivity index (χ0v) is 18.3. The van der Waals surface area contributed by atoms with Gasteiger partial charge in [0.2, 0.25) is 0 Å². The molecule has 0 fully saturated rings. The molecule has 0 aliphatic carbocycles. The van der Waals surface area contributed by atoms with Crippen LogP contribution >= 0.6 is 0 Å². The number of nitrogens with two attached hydrogens (primary N) is 2. The fourth-order valence-electron chi connectivity index (χ4n) is 3.43. The Kier molecular flexibility index (Phi) is 6.53. The lowest BCUT2D eigenvalue weighted by atomic mass is 9.97. The Morgan fingerprint density at radius 2 is 1.23 bits per heavy atom. The summed E-state index contributed by atoms with van der Waals surface area (Å²) in [5.41, 5.74) is 11.7. The molecule has 0 spiro atoms. The molecular weight excluding hydrogens is 374 g/mol. The van der Waals surface area contributed by atoms with Crippen LogP contribution in [0.2, 0.25) is 0 Å². The molecule has 0 amide bonds. The molecular formula is C25H31N3O2. The third-order valence-electron chi connectivity index (χ3n) is 4.73. The summed E-state index contributed by atoms with van der Waals surface area (Å²) in [6.07, 6.45) is 0.264. The van der Waals surface area contributed by atoms with E-state index in [1.54, 1.807) is 5.01 Å². The number of anilines is 3. The van der Waals surface area contributed by atoms with Crippen molar-refractivity contribution < 1.29 is 9.47 Å². The van der Waals surface area contributed by atoms with Gasteiger partial charge in [0.05, 0.1) is 29.3 Å². The van der Waals surface area contributed by atoms with Gasteiger partial charge in [0.25, 0.3) is 0 Å². The molecule has 0 aliphatic rings. The smallest absolute Gasteiger partial charge is 0.119 e. The second-order valence-electron chi connectivity index (χ2n) is 7.90. The Morgan fingerprint density at radius 1 is 0.733 bits per heavy atom. The third-order valence-corrected chi connectivity index (χ3v) is 4.73. The largest absolute Gasteiger partial charge is 0.491 e. The molecule has 0 saturated carbocycles. The Balaban J connectivity index is 1.92. The number of ether oxygens (including phenoxy) is 2. The van der Waals surface area contributed by atoms with E-state index in [2.05, 4.69) is 12.1 Å². The zero-order valence-electron chi connectivity index (χ0n) is 18.3. The summed E-state index contributed by atoms with van der Waals surface area (Å²) in [6, 6.07) is 19.7. The summed E-state index contributed by atoms with van der Waals surface area (Å²) in [7, 11) is 0. The minimum absolute atomic E-state index is 0.122. The van der Waals surface area contributed by atoms with Crippen molar-refractivity contribution in [3.63, 3.8) is 0 Å². The molecule has 5 heteroatoms. The molecule has 3 rings (SSSR count). The van der Waals surface area contributed by atoms with Crippen molar-refractivity contribution in [1.82, 2.24) is 0 Å². The van der Waals surface area contributed by atoms with Gasteiger partial charge in [-0.05, 0) is 93.8 Å². The maximum Gasteiger partial charge on any atom is 0.119 e. The second-order valence-corrected chi connectivity index (χ2v) is 7.90. The minimum atomic E-state index is 0.122. The summed E-state index contributed by atoms with van der Waals surface area (Å²) >= 11 is 0. The number of hydrogen-bond acceptors (Lipinski definition) is 5. The number of nitrogens with zero attached hydrogens (tertiary/aromatic N) is 1. The van der Waals surface area contributed by atoms with E-state index in [1.165, 1.54) is 0 Å². The summed E-state index contributed by atoms with van der Waals surface area (Å²) < 4.78 is 11.5. The van der Waals surface area contributed by atoms with E-state index in [0.29, 0.717) is 5.69 Å². The van der Waals surface area contributed by atoms with Gasteiger partial charge >= 0.3 is 0 Å². The van der Waals surface area contributed by atoms with Crippen LogP contribution in [0.15, 0.2) is 60.7 Å². The first kappa shape index (κ1) is 21.5. The van der Waals surface area contributed by atoms with Gasteiger partial charge in [0.1, 0.15) is 11.5 Å². The van der Waals surface area contributed by atoms with Crippen LogP contribution in [-0.4, -0.2) is 12.2 Å². The molecule has 3 aromatic rings. The normalized spacial score (nSPS) is 11.1. The molecule has 0 unspecified atom stereocenters. The number of hydrogen-bond donors (Lipinski definition) is 2. The van der Waals surface area contributed by atoms with Crippen molar-refractivity contribution in [2.24, 2.45) is 5.84 Å². The van der Waals surface area contributed by atoms with Gasteiger partial charge in [0, 0.05) is 0 Å². The quantitative estimate of drug-likeness (QED) is 0.294. The maximum atomic E-state index is 6.49. The highest BCUT2D eigenvalue weighted by Crippen LogP contribution is 2.38. The molecule has 0 radical (unpaired) electrons. The molecule has 3 aromatic carbocycles. The van der Waals surface area contributed by atoms with Crippen LogP contribution in [-0.2, 0) is 0 Å². The summed E-state index contributed by atoms with van der Waals surface area (Å²) in [5.74, 6) is 8.15. The van der Waals surface area contributed by atoms with Crippen LogP contribution in [0.25, 0.3) is 11.1 Å².